The molecule has 0 aliphatic carbocycles. The van der Waals surface area contributed by atoms with E-state index in [-0.39, 0.29) is 33.7 Å². The average molecular weight is 430 g/mol. The lowest BCUT2D eigenvalue weighted by Gasteiger charge is -2.50. The molecular weight excluding hydrogens is 406 g/mol. The Morgan fingerprint density at radius 2 is 1.80 bits per heavy atom. The van der Waals surface area contributed by atoms with Crippen molar-refractivity contribution in [1.82, 2.24) is 35.7 Å². The number of hydrogen-bond acceptors (Lipinski definition) is 8. The van der Waals surface area contributed by atoms with Crippen LogP contribution in [0.15, 0.2) is 24.3 Å². The number of aromatic hydroxyl groups is 1. The van der Waals surface area contributed by atoms with Crippen LogP contribution < -0.4 is 5.32 Å². The molecule has 10 nitrogen and oxygen atoms in total. The van der Waals surface area contributed by atoms with Crippen LogP contribution >= 0.6 is 11.8 Å². The monoisotopic (exact) mass is 429 g/mol. The zero-order chi connectivity index (χ0) is 21.4. The molecule has 3 saturated heterocycles. The lowest BCUT2D eigenvalue weighted by molar-refractivity contribution is -0.165. The largest absolute Gasteiger partial charge is 0.508 e. The van der Waals surface area contributed by atoms with E-state index in [0.717, 1.165) is 5.56 Å². The minimum absolute atomic E-state index is 0.109. The normalized spacial score (nSPS) is 31.7. The molecule has 30 heavy (non-hydrogen) atoms. The van der Waals surface area contributed by atoms with Crippen molar-refractivity contribution in [2.24, 2.45) is 0 Å². The van der Waals surface area contributed by atoms with E-state index in [1.807, 2.05) is 13.8 Å². The molecule has 2 amide bonds. The second-order valence-electron chi connectivity index (χ2n) is 8.91. The second-order valence-corrected chi connectivity index (χ2v) is 10.7. The summed E-state index contributed by atoms with van der Waals surface area (Å²) in [5.41, 5.74) is 0.0436. The summed E-state index contributed by atoms with van der Waals surface area (Å²) in [5, 5.41) is 27.0. The number of H-pyrrole nitrogens is 1. The number of fused-ring (bicyclic) bond motifs is 1. The van der Waals surface area contributed by atoms with Gasteiger partial charge in [0.15, 0.2) is 5.82 Å². The molecule has 0 spiro atoms. The number of β-lactam (4-membered cyclic amide) rings is 1. The first-order chi connectivity index (χ1) is 14.1. The molecule has 3 unspecified atom stereocenters. The number of hydrogen-bond donors (Lipinski definition) is 3. The Kier molecular flexibility index (Phi) is 3.97. The Bertz CT molecular complexity index is 1010. The van der Waals surface area contributed by atoms with Crippen molar-refractivity contribution in [3.05, 3.63) is 35.7 Å². The van der Waals surface area contributed by atoms with Crippen LogP contribution in [-0.2, 0) is 9.59 Å². The van der Waals surface area contributed by atoms with Gasteiger partial charge < -0.3 is 14.9 Å². The Labute approximate surface area is 177 Å². The molecule has 4 heterocycles. The van der Waals surface area contributed by atoms with Crippen molar-refractivity contribution in [3.8, 4) is 5.75 Å². The number of aromatic amines is 1. The lowest BCUT2D eigenvalue weighted by atomic mass is 9.93. The lowest BCUT2D eigenvalue weighted by Crippen LogP contribution is -2.71. The van der Waals surface area contributed by atoms with E-state index in [9.17, 15) is 14.7 Å². The van der Waals surface area contributed by atoms with Gasteiger partial charge in [0.05, 0.1) is 5.66 Å². The molecule has 11 heteroatoms. The predicted molar refractivity (Wildman–Crippen MR) is 108 cm³/mol. The van der Waals surface area contributed by atoms with E-state index < -0.39 is 17.7 Å². The molecule has 1 aromatic carbocycles. The number of phenolic OH excluding ortho intramolecular Hbond substituents is 1. The maximum absolute atomic E-state index is 13.4. The van der Waals surface area contributed by atoms with Crippen molar-refractivity contribution in [2.45, 2.75) is 61.6 Å². The third kappa shape index (κ3) is 2.58. The minimum Gasteiger partial charge on any atom is -0.508 e. The van der Waals surface area contributed by atoms with Gasteiger partial charge in [0.25, 0.3) is 0 Å². The molecular formula is C19H23N7O3S. The number of rotatable bonds is 3. The summed E-state index contributed by atoms with van der Waals surface area (Å²) < 4.78 is -0.324. The smallest absolute Gasteiger partial charge is 0.250 e. The summed E-state index contributed by atoms with van der Waals surface area (Å²) >= 11 is 1.65. The fourth-order valence-electron chi connectivity index (χ4n) is 4.81. The first-order valence-corrected chi connectivity index (χ1v) is 10.6. The minimum atomic E-state index is -0.707. The number of thioether (sulfide) groups is 1. The highest BCUT2D eigenvalue weighted by molar-refractivity contribution is 8.01. The molecule has 4 atom stereocenters. The van der Waals surface area contributed by atoms with Gasteiger partial charge in [-0.15, -0.1) is 22.0 Å². The van der Waals surface area contributed by atoms with Gasteiger partial charge in [-0.3, -0.25) is 14.9 Å². The average Bonchev–Trinajstić information content (AvgIpc) is 3.33. The highest BCUT2D eigenvalue weighted by atomic mass is 32.2. The number of nitrogens with zero attached hydrogens (tertiary/aromatic N) is 5. The zero-order valence-corrected chi connectivity index (χ0v) is 17.8. The molecule has 3 N–H and O–H groups in total. The number of phenols is 1. The van der Waals surface area contributed by atoms with Gasteiger partial charge in [-0.2, -0.15) is 5.21 Å². The Balaban J connectivity index is 1.46. The van der Waals surface area contributed by atoms with Gasteiger partial charge in [-0.05, 0) is 45.4 Å². The third-order valence-electron chi connectivity index (χ3n) is 6.11. The molecule has 2 aromatic rings. The quantitative estimate of drug-likeness (QED) is 0.615. The standard InChI is InChI=1S/C19H23N7O3S/c1-18(2)13(14-21-23-24-22-14)25-16(29)12(17(25)30-18)26-15(28)11(20-19(26,3)4)9-5-7-10(27)8-6-9/h5-8,11-13,17,20,27H,1-4H3,(H,21,22,23,24)/t11?,12?,13?,17-/m1/s1. The SMILES string of the molecule is CC1(C)S[C@@H]2C(N3C(=O)C(c4ccc(O)cc4)NC3(C)C)C(=O)N2C1c1nn[nH]n1. The third-order valence-corrected chi connectivity index (χ3v) is 7.67. The molecule has 3 aliphatic heterocycles. The van der Waals surface area contributed by atoms with Gasteiger partial charge in [-0.1, -0.05) is 17.3 Å². The van der Waals surface area contributed by atoms with Crippen LogP contribution in [0, 0.1) is 0 Å². The van der Waals surface area contributed by atoms with Gasteiger partial charge in [0.2, 0.25) is 11.8 Å². The van der Waals surface area contributed by atoms with Gasteiger partial charge >= 0.3 is 0 Å². The summed E-state index contributed by atoms with van der Waals surface area (Å²) in [6.07, 6.45) is 0. The molecule has 3 aliphatic rings. The van der Waals surface area contributed by atoms with Crippen LogP contribution in [0.4, 0.5) is 0 Å². The molecule has 158 valence electrons. The predicted octanol–water partition coefficient (Wildman–Crippen LogP) is 0.918. The van der Waals surface area contributed by atoms with Crippen LogP contribution in [0.2, 0.25) is 0 Å². The number of tetrazole rings is 1. The molecule has 0 saturated carbocycles. The summed E-state index contributed by atoms with van der Waals surface area (Å²) in [7, 11) is 0. The van der Waals surface area contributed by atoms with Crippen LogP contribution in [0.3, 0.4) is 0 Å². The molecule has 0 radical (unpaired) electrons. The fourth-order valence-corrected chi connectivity index (χ4v) is 6.49. The summed E-state index contributed by atoms with van der Waals surface area (Å²) in [4.78, 5) is 30.2. The van der Waals surface area contributed by atoms with E-state index in [1.165, 1.54) is 0 Å². The van der Waals surface area contributed by atoms with Gasteiger partial charge in [0.1, 0.15) is 29.2 Å². The summed E-state index contributed by atoms with van der Waals surface area (Å²) in [6, 6.07) is 5.11. The van der Waals surface area contributed by atoms with Crippen molar-refractivity contribution in [1.29, 1.82) is 0 Å². The van der Waals surface area contributed by atoms with Crippen molar-refractivity contribution >= 4 is 23.6 Å². The molecule has 3 fully saturated rings. The number of carbonyl (C=O) groups is 2. The van der Waals surface area contributed by atoms with Crippen molar-refractivity contribution in [2.75, 3.05) is 0 Å². The van der Waals surface area contributed by atoms with E-state index in [0.29, 0.717) is 5.82 Å². The second kappa shape index (κ2) is 6.17. The zero-order valence-electron chi connectivity index (χ0n) is 17.0. The fraction of sp³-hybridized carbons (Fsp3) is 0.526. The Morgan fingerprint density at radius 1 is 1.10 bits per heavy atom. The Morgan fingerprint density at radius 3 is 2.43 bits per heavy atom. The number of aromatic nitrogens is 4. The topological polar surface area (TPSA) is 127 Å². The first kappa shape index (κ1) is 19.3. The summed E-state index contributed by atoms with van der Waals surface area (Å²) in [5.74, 6) is 0.365. The highest BCUT2D eigenvalue weighted by Crippen LogP contribution is 2.58. The number of amides is 2. The van der Waals surface area contributed by atoms with Gasteiger partial charge in [-0.25, -0.2) is 0 Å². The number of nitrogens with one attached hydrogen (secondary N) is 2. The van der Waals surface area contributed by atoms with E-state index in [2.05, 4.69) is 39.8 Å². The number of carbonyl (C=O) groups excluding carboxylic acids is 2. The molecule has 1 aromatic heterocycles. The number of benzene rings is 1. The van der Waals surface area contributed by atoms with Crippen LogP contribution in [0.25, 0.3) is 0 Å². The first-order valence-electron chi connectivity index (χ1n) is 9.75. The van der Waals surface area contributed by atoms with E-state index >= 15 is 0 Å². The highest BCUT2D eigenvalue weighted by Gasteiger charge is 2.67. The van der Waals surface area contributed by atoms with Crippen LogP contribution in [0.5, 0.6) is 5.75 Å². The maximum atomic E-state index is 13.4. The molecule has 5 rings (SSSR count). The van der Waals surface area contributed by atoms with Gasteiger partial charge in [0, 0.05) is 4.75 Å². The Hall–Kier alpha value is -2.66. The van der Waals surface area contributed by atoms with E-state index in [4.69, 9.17) is 0 Å². The maximum Gasteiger partial charge on any atom is 0.250 e. The summed E-state index contributed by atoms with van der Waals surface area (Å²) in [6.45, 7) is 7.91. The van der Waals surface area contributed by atoms with Crippen LogP contribution in [0.1, 0.15) is 51.2 Å². The van der Waals surface area contributed by atoms with Crippen molar-refractivity contribution < 1.29 is 14.7 Å². The molecule has 0 bridgehead atoms. The van der Waals surface area contributed by atoms with Crippen molar-refractivity contribution in [3.63, 3.8) is 0 Å². The van der Waals surface area contributed by atoms with Crippen LogP contribution in [-0.4, -0.2) is 69.2 Å². The van der Waals surface area contributed by atoms with E-state index in [1.54, 1.807) is 45.8 Å².